The Morgan fingerprint density at radius 3 is 1.96 bits per heavy atom. The van der Waals surface area contributed by atoms with E-state index in [0.29, 0.717) is 0 Å². The summed E-state index contributed by atoms with van der Waals surface area (Å²) in [4.78, 5) is 0. The molecule has 0 aliphatic heterocycles. The second-order valence-electron chi connectivity index (χ2n) is 5.88. The molecule has 2 aromatic carbocycles. The zero-order valence-corrected chi connectivity index (χ0v) is 14.7. The van der Waals surface area contributed by atoms with Gasteiger partial charge in [-0.05, 0) is 24.0 Å². The number of rotatable bonds is 7. The van der Waals surface area contributed by atoms with Crippen LogP contribution in [0.1, 0.15) is 31.7 Å². The number of alkyl halides is 3. The second kappa shape index (κ2) is 8.54. The normalized spacial score (nSPS) is 11.6. The summed E-state index contributed by atoms with van der Waals surface area (Å²) in [6.07, 6.45) is -1.60. The topological polar surface area (TPSA) is 18.5 Å². The van der Waals surface area contributed by atoms with Gasteiger partial charge in [-0.25, -0.2) is 4.39 Å². The molecule has 0 heterocycles. The molecule has 2 nitrogen and oxygen atoms in total. The molecule has 0 aromatic heterocycles. The van der Waals surface area contributed by atoms with E-state index in [9.17, 15) is 26.3 Å². The third-order valence-corrected chi connectivity index (χ3v) is 3.97. The van der Waals surface area contributed by atoms with Crippen LogP contribution in [-0.4, -0.2) is 13.5 Å². The molecule has 0 saturated carbocycles. The summed E-state index contributed by atoms with van der Waals surface area (Å²) >= 11 is 0. The molecule has 2 aromatic rings. The molecular weight excluding hydrogens is 374 g/mol. The fourth-order valence-electron chi connectivity index (χ4n) is 2.69. The maximum absolute atomic E-state index is 14.6. The minimum absolute atomic E-state index is 0.0366. The van der Waals surface area contributed by atoms with Crippen LogP contribution in [0.25, 0.3) is 11.1 Å². The van der Waals surface area contributed by atoms with Crippen LogP contribution in [0, 0.1) is 17.5 Å². The number of unbranched alkanes of at least 4 members (excludes halogenated alkanes) is 2. The molecule has 27 heavy (non-hydrogen) atoms. The molecule has 0 saturated heterocycles. The summed E-state index contributed by atoms with van der Waals surface area (Å²) in [7, 11) is 0.962. The molecule has 0 aliphatic rings. The van der Waals surface area contributed by atoms with E-state index >= 15 is 0 Å². The van der Waals surface area contributed by atoms with Crippen LogP contribution in [0.15, 0.2) is 24.3 Å². The van der Waals surface area contributed by atoms with E-state index < -0.39 is 40.9 Å². The van der Waals surface area contributed by atoms with Gasteiger partial charge in [0.15, 0.2) is 11.6 Å². The first-order valence-corrected chi connectivity index (χ1v) is 8.29. The van der Waals surface area contributed by atoms with Crippen molar-refractivity contribution in [1.29, 1.82) is 0 Å². The highest BCUT2D eigenvalue weighted by atomic mass is 19.4. The number of aryl methyl sites for hydroxylation is 1. The van der Waals surface area contributed by atoms with Crippen molar-refractivity contribution in [3.63, 3.8) is 0 Å². The second-order valence-corrected chi connectivity index (χ2v) is 5.88. The standard InChI is InChI=1S/C19H18F6O2/c1-3-4-5-6-11-7-9-12(10-8-11)13-14(20)18(27-19(23,24)25)16(22)15(21)17(13)26-2/h7-10H,3-6H2,1-2H3. The summed E-state index contributed by atoms with van der Waals surface area (Å²) in [5.41, 5.74) is 0.325. The van der Waals surface area contributed by atoms with E-state index in [2.05, 4.69) is 11.7 Å². The van der Waals surface area contributed by atoms with E-state index in [-0.39, 0.29) is 5.56 Å². The van der Waals surface area contributed by atoms with E-state index in [1.54, 1.807) is 12.1 Å². The van der Waals surface area contributed by atoms with Gasteiger partial charge in [0.05, 0.1) is 12.7 Å². The lowest BCUT2D eigenvalue weighted by Gasteiger charge is -2.17. The Kier molecular flexibility index (Phi) is 6.62. The minimum atomic E-state index is -5.39. The average Bonchev–Trinajstić information content (AvgIpc) is 2.62. The molecule has 8 heteroatoms. The number of hydrogen-bond acceptors (Lipinski definition) is 2. The maximum atomic E-state index is 14.6. The number of ether oxygens (including phenoxy) is 2. The number of hydrogen-bond donors (Lipinski definition) is 0. The highest BCUT2D eigenvalue weighted by Gasteiger charge is 2.37. The van der Waals surface area contributed by atoms with Gasteiger partial charge in [0.2, 0.25) is 17.4 Å². The molecule has 0 N–H and O–H groups in total. The van der Waals surface area contributed by atoms with E-state index in [1.807, 2.05) is 0 Å². The molecule has 148 valence electrons. The highest BCUT2D eigenvalue weighted by molar-refractivity contribution is 5.73. The van der Waals surface area contributed by atoms with Crippen molar-refractivity contribution < 1.29 is 35.8 Å². The third kappa shape index (κ3) is 4.87. The molecule has 0 bridgehead atoms. The highest BCUT2D eigenvalue weighted by Crippen LogP contribution is 2.43. The van der Waals surface area contributed by atoms with Crippen LogP contribution >= 0.6 is 0 Å². The fourth-order valence-corrected chi connectivity index (χ4v) is 2.69. The summed E-state index contributed by atoms with van der Waals surface area (Å²) < 4.78 is 88.0. The van der Waals surface area contributed by atoms with Gasteiger partial charge in [-0.3, -0.25) is 0 Å². The Balaban J connectivity index is 2.51. The molecule has 0 radical (unpaired) electrons. The molecule has 0 spiro atoms. The van der Waals surface area contributed by atoms with E-state index in [1.165, 1.54) is 12.1 Å². The van der Waals surface area contributed by atoms with Gasteiger partial charge in [-0.2, -0.15) is 8.78 Å². The number of halogens is 6. The van der Waals surface area contributed by atoms with Crippen molar-refractivity contribution in [3.05, 3.63) is 47.3 Å². The summed E-state index contributed by atoms with van der Waals surface area (Å²) in [5, 5.41) is 0. The number of benzene rings is 2. The summed E-state index contributed by atoms with van der Waals surface area (Å²) in [6, 6.07) is 6.12. The van der Waals surface area contributed by atoms with Crippen molar-refractivity contribution in [2.75, 3.05) is 7.11 Å². The third-order valence-electron chi connectivity index (χ3n) is 3.97. The van der Waals surface area contributed by atoms with Gasteiger partial charge in [-0.1, -0.05) is 44.0 Å². The summed E-state index contributed by atoms with van der Waals surface area (Å²) in [5.74, 6) is -8.26. The largest absolute Gasteiger partial charge is 0.573 e. The Hall–Kier alpha value is -2.38. The maximum Gasteiger partial charge on any atom is 0.573 e. The molecule has 0 atom stereocenters. The lowest BCUT2D eigenvalue weighted by molar-refractivity contribution is -0.276. The van der Waals surface area contributed by atoms with Crippen LogP contribution in [0.3, 0.4) is 0 Å². The smallest absolute Gasteiger partial charge is 0.493 e. The first-order valence-electron chi connectivity index (χ1n) is 8.29. The predicted octanol–water partition coefficient (Wildman–Crippen LogP) is 6.41. The van der Waals surface area contributed by atoms with Crippen molar-refractivity contribution in [3.8, 4) is 22.6 Å². The molecule has 0 fully saturated rings. The molecule has 0 aliphatic carbocycles. The Labute approximate surface area is 152 Å². The van der Waals surface area contributed by atoms with Crippen molar-refractivity contribution in [2.45, 2.75) is 39.0 Å². The lowest BCUT2D eigenvalue weighted by atomic mass is 9.99. The van der Waals surface area contributed by atoms with Crippen molar-refractivity contribution in [1.82, 2.24) is 0 Å². The Morgan fingerprint density at radius 2 is 1.44 bits per heavy atom. The van der Waals surface area contributed by atoms with Crippen LogP contribution in [0.2, 0.25) is 0 Å². The fraction of sp³-hybridized carbons (Fsp3) is 0.368. The zero-order valence-electron chi connectivity index (χ0n) is 14.7. The van der Waals surface area contributed by atoms with Gasteiger partial charge in [0, 0.05) is 0 Å². The quantitative estimate of drug-likeness (QED) is 0.308. The monoisotopic (exact) mass is 392 g/mol. The first kappa shape index (κ1) is 20.9. The average molecular weight is 392 g/mol. The molecular formula is C19H18F6O2. The van der Waals surface area contributed by atoms with Gasteiger partial charge in [0.1, 0.15) is 0 Å². The van der Waals surface area contributed by atoms with E-state index in [4.69, 9.17) is 4.74 Å². The van der Waals surface area contributed by atoms with Gasteiger partial charge >= 0.3 is 6.36 Å². The lowest BCUT2D eigenvalue weighted by Crippen LogP contribution is -2.20. The summed E-state index contributed by atoms with van der Waals surface area (Å²) in [6.45, 7) is 2.06. The minimum Gasteiger partial charge on any atom is -0.493 e. The molecule has 2 rings (SSSR count). The molecule has 0 amide bonds. The number of methoxy groups -OCH3 is 1. The zero-order chi connectivity index (χ0) is 20.2. The first-order chi connectivity index (χ1) is 12.7. The van der Waals surface area contributed by atoms with Crippen LogP contribution in [-0.2, 0) is 6.42 Å². The SMILES string of the molecule is CCCCCc1ccc(-c2c(F)c(OC(F)(F)F)c(F)c(F)c2OC)cc1. The van der Waals surface area contributed by atoms with Crippen LogP contribution in [0.5, 0.6) is 11.5 Å². The van der Waals surface area contributed by atoms with E-state index in [0.717, 1.165) is 38.4 Å². The Bertz CT molecular complexity index is 785. The predicted molar refractivity (Wildman–Crippen MR) is 88.2 cm³/mol. The van der Waals surface area contributed by atoms with Gasteiger partial charge in [0.25, 0.3) is 0 Å². The van der Waals surface area contributed by atoms with Crippen molar-refractivity contribution in [2.24, 2.45) is 0 Å². The Morgan fingerprint density at radius 1 is 0.852 bits per heavy atom. The molecule has 0 unspecified atom stereocenters. The van der Waals surface area contributed by atoms with Crippen LogP contribution in [0.4, 0.5) is 26.3 Å². The van der Waals surface area contributed by atoms with Gasteiger partial charge < -0.3 is 9.47 Å². The van der Waals surface area contributed by atoms with Crippen molar-refractivity contribution >= 4 is 0 Å². The van der Waals surface area contributed by atoms with Crippen LogP contribution < -0.4 is 9.47 Å². The van der Waals surface area contributed by atoms with Gasteiger partial charge in [-0.15, -0.1) is 13.2 Å².